The molecule has 6 rings (SSSR count). The van der Waals surface area contributed by atoms with E-state index in [9.17, 15) is 8.78 Å². The highest BCUT2D eigenvalue weighted by Crippen LogP contribution is 2.41. The summed E-state index contributed by atoms with van der Waals surface area (Å²) in [6.07, 6.45) is 5.51. The molecule has 0 amide bonds. The lowest BCUT2D eigenvalue weighted by atomic mass is 10.00. The number of methoxy groups -OCH3 is 4. The quantitative estimate of drug-likeness (QED) is 0.124. The summed E-state index contributed by atoms with van der Waals surface area (Å²) in [5.74, 6) is 0.750. The molecular weight excluding hydrogens is 733 g/mol. The molecule has 0 N–H and O–H groups in total. The van der Waals surface area contributed by atoms with Gasteiger partial charge in [-0.1, -0.05) is 0 Å². The predicted octanol–water partition coefficient (Wildman–Crippen LogP) is 9.06. The number of likely N-dealkylation sites (tertiary alicyclic amines) is 1. The number of halogens is 5. The molecule has 3 aromatic carbocycles. The number of nitrogens with zero attached hydrogens (tertiary/aromatic N) is 4. The van der Waals surface area contributed by atoms with Crippen LogP contribution in [0.5, 0.6) is 23.0 Å². The van der Waals surface area contributed by atoms with Gasteiger partial charge < -0.3 is 23.8 Å². The van der Waals surface area contributed by atoms with Crippen LogP contribution in [0.25, 0.3) is 22.5 Å². The average molecular weight is 776 g/mol. The Morgan fingerprint density at radius 3 is 1.83 bits per heavy atom. The van der Waals surface area contributed by atoms with Crippen molar-refractivity contribution in [1.82, 2.24) is 14.9 Å². The number of aromatic nitrogens is 2. The summed E-state index contributed by atoms with van der Waals surface area (Å²) in [6, 6.07) is 24.3. The van der Waals surface area contributed by atoms with Crippen molar-refractivity contribution in [2.75, 3.05) is 46.4 Å². The number of ether oxygens (including phenoxy) is 4. The largest absolute Gasteiger partial charge is 0.497 e. The fourth-order valence-corrected chi connectivity index (χ4v) is 6.39. The standard InChI is InChI=1S/C39H40F2N4O4.3ClH/c1-46-32-8-6-30(7-9-32)45(25-27-12-16-43-36(20-27)29-22-37(47-2)39(49-4)38(23-29)48-3)31-13-17-44(18-14-31)24-26-11-15-42-35(19-26)28-5-10-33(40)34(41)21-28;;;/h5-12,15-16,19-23,31H,13-14,17-18,24-25H2,1-4H3;3*1H. The fourth-order valence-electron chi connectivity index (χ4n) is 6.39. The van der Waals surface area contributed by atoms with Gasteiger partial charge in [0.25, 0.3) is 0 Å². The molecule has 52 heavy (non-hydrogen) atoms. The Hall–Kier alpha value is -4.35. The van der Waals surface area contributed by atoms with Gasteiger partial charge in [0, 0.05) is 61.4 Å². The normalized spacial score (nSPS) is 12.8. The number of benzene rings is 3. The average Bonchev–Trinajstić information content (AvgIpc) is 3.15. The van der Waals surface area contributed by atoms with Crippen LogP contribution in [0.3, 0.4) is 0 Å². The van der Waals surface area contributed by atoms with Crippen molar-refractivity contribution in [2.45, 2.75) is 32.0 Å². The zero-order chi connectivity index (χ0) is 34.3. The Morgan fingerprint density at radius 1 is 0.654 bits per heavy atom. The van der Waals surface area contributed by atoms with E-state index in [1.807, 2.05) is 42.6 Å². The smallest absolute Gasteiger partial charge is 0.203 e. The summed E-state index contributed by atoms with van der Waals surface area (Å²) >= 11 is 0. The molecular formula is C39H43Cl3F2N4O4. The lowest BCUT2D eigenvalue weighted by Crippen LogP contribution is -2.44. The summed E-state index contributed by atoms with van der Waals surface area (Å²) in [4.78, 5) is 14.0. The van der Waals surface area contributed by atoms with Gasteiger partial charge in [-0.25, -0.2) is 8.78 Å². The van der Waals surface area contributed by atoms with Crippen LogP contribution in [0.1, 0.15) is 24.0 Å². The molecule has 1 saturated heterocycles. The first-order valence-electron chi connectivity index (χ1n) is 16.2. The van der Waals surface area contributed by atoms with E-state index in [1.54, 1.807) is 40.7 Å². The number of piperidine rings is 1. The highest BCUT2D eigenvalue weighted by atomic mass is 35.5. The Bertz CT molecular complexity index is 1870. The van der Waals surface area contributed by atoms with Gasteiger partial charge >= 0.3 is 0 Å². The van der Waals surface area contributed by atoms with Gasteiger partial charge in [0.05, 0.1) is 39.8 Å². The molecule has 0 bridgehead atoms. The maximum Gasteiger partial charge on any atom is 0.203 e. The molecule has 0 atom stereocenters. The molecule has 0 aliphatic carbocycles. The first-order valence-corrected chi connectivity index (χ1v) is 16.2. The molecule has 8 nitrogen and oxygen atoms in total. The summed E-state index contributed by atoms with van der Waals surface area (Å²) in [5.41, 5.74) is 6.18. The van der Waals surface area contributed by atoms with Crippen LogP contribution in [-0.2, 0) is 13.1 Å². The molecule has 1 aliphatic heterocycles. The van der Waals surface area contributed by atoms with Gasteiger partial charge in [-0.2, -0.15) is 0 Å². The molecule has 278 valence electrons. The molecule has 13 heteroatoms. The summed E-state index contributed by atoms with van der Waals surface area (Å²) in [7, 11) is 6.47. The van der Waals surface area contributed by atoms with Crippen molar-refractivity contribution in [2.24, 2.45) is 0 Å². The van der Waals surface area contributed by atoms with Crippen LogP contribution in [0.4, 0.5) is 14.5 Å². The minimum Gasteiger partial charge on any atom is -0.497 e. The van der Waals surface area contributed by atoms with E-state index in [0.29, 0.717) is 41.1 Å². The predicted molar refractivity (Wildman–Crippen MR) is 208 cm³/mol. The van der Waals surface area contributed by atoms with Crippen LogP contribution in [0.15, 0.2) is 91.3 Å². The topological polar surface area (TPSA) is 69.2 Å². The highest BCUT2D eigenvalue weighted by Gasteiger charge is 2.26. The van der Waals surface area contributed by atoms with E-state index in [4.69, 9.17) is 18.9 Å². The second-order valence-corrected chi connectivity index (χ2v) is 12.0. The molecule has 0 spiro atoms. The first kappa shape index (κ1) is 42.1. The molecule has 3 heterocycles. The van der Waals surface area contributed by atoms with Gasteiger partial charge in [0.15, 0.2) is 23.1 Å². The molecule has 2 aromatic heterocycles. The van der Waals surface area contributed by atoms with Crippen molar-refractivity contribution in [3.05, 3.63) is 114 Å². The molecule has 1 aliphatic rings. The van der Waals surface area contributed by atoms with Crippen molar-refractivity contribution in [3.8, 4) is 45.5 Å². The van der Waals surface area contributed by atoms with Gasteiger partial charge in [-0.15, -0.1) is 37.2 Å². The van der Waals surface area contributed by atoms with Crippen molar-refractivity contribution < 1.29 is 27.7 Å². The van der Waals surface area contributed by atoms with Crippen LogP contribution >= 0.6 is 37.2 Å². The minimum atomic E-state index is -0.877. The van der Waals surface area contributed by atoms with Crippen molar-refractivity contribution >= 4 is 42.9 Å². The summed E-state index contributed by atoms with van der Waals surface area (Å²) in [6.45, 7) is 3.26. The van der Waals surface area contributed by atoms with Crippen LogP contribution in [-0.4, -0.2) is 62.4 Å². The maximum absolute atomic E-state index is 13.9. The number of hydrogen-bond acceptors (Lipinski definition) is 8. The number of rotatable bonds is 12. The van der Waals surface area contributed by atoms with Gasteiger partial charge in [-0.3, -0.25) is 14.9 Å². The number of pyridine rings is 2. The highest BCUT2D eigenvalue weighted by molar-refractivity contribution is 5.86. The number of anilines is 1. The third-order valence-corrected chi connectivity index (χ3v) is 8.99. The van der Waals surface area contributed by atoms with E-state index in [2.05, 4.69) is 44.0 Å². The van der Waals surface area contributed by atoms with Crippen LogP contribution < -0.4 is 23.8 Å². The second kappa shape index (κ2) is 19.5. The molecule has 0 unspecified atom stereocenters. The molecule has 0 saturated carbocycles. The minimum absolute atomic E-state index is 0. The maximum atomic E-state index is 13.9. The summed E-state index contributed by atoms with van der Waals surface area (Å²) < 4.78 is 49.5. The van der Waals surface area contributed by atoms with E-state index >= 15 is 0 Å². The molecule has 1 fully saturated rings. The van der Waals surface area contributed by atoms with Gasteiger partial charge in [0.2, 0.25) is 5.75 Å². The zero-order valence-electron chi connectivity index (χ0n) is 29.4. The number of hydrogen-bond donors (Lipinski definition) is 0. The second-order valence-electron chi connectivity index (χ2n) is 12.0. The van der Waals surface area contributed by atoms with E-state index in [1.165, 1.54) is 6.07 Å². The fraction of sp³-hybridized carbons (Fsp3) is 0.282. The monoisotopic (exact) mass is 774 g/mol. The zero-order valence-corrected chi connectivity index (χ0v) is 31.8. The lowest BCUT2D eigenvalue weighted by Gasteiger charge is -2.40. The Morgan fingerprint density at radius 2 is 1.25 bits per heavy atom. The SMILES string of the molecule is COc1ccc(N(Cc2ccnc(-c3cc(OC)c(OC)c(OC)c3)c2)C2CCN(Cc3ccnc(-c4ccc(F)c(F)c4)c3)CC2)cc1.Cl.Cl.Cl. The van der Waals surface area contributed by atoms with Crippen molar-refractivity contribution in [1.29, 1.82) is 0 Å². The third kappa shape index (κ3) is 9.74. The van der Waals surface area contributed by atoms with E-state index < -0.39 is 11.6 Å². The van der Waals surface area contributed by atoms with Gasteiger partial charge in [-0.05, 0) is 103 Å². The summed E-state index contributed by atoms with van der Waals surface area (Å²) in [5, 5.41) is 0. The first-order chi connectivity index (χ1) is 23.9. The third-order valence-electron chi connectivity index (χ3n) is 8.99. The lowest BCUT2D eigenvalue weighted by molar-refractivity contribution is 0.201. The van der Waals surface area contributed by atoms with Gasteiger partial charge in [0.1, 0.15) is 5.75 Å². The molecule has 0 radical (unpaired) electrons. The van der Waals surface area contributed by atoms with Crippen LogP contribution in [0.2, 0.25) is 0 Å². The van der Waals surface area contributed by atoms with E-state index in [-0.39, 0.29) is 37.2 Å². The Balaban J connectivity index is 0.00000243. The Kier molecular flexibility index (Phi) is 15.8. The Labute approximate surface area is 322 Å². The van der Waals surface area contributed by atoms with Crippen LogP contribution in [0, 0.1) is 11.6 Å². The van der Waals surface area contributed by atoms with E-state index in [0.717, 1.165) is 72.4 Å². The molecule has 5 aromatic rings. The van der Waals surface area contributed by atoms with Crippen molar-refractivity contribution in [3.63, 3.8) is 0 Å².